The number of thiophene rings is 1. The largest absolute Gasteiger partial charge is 0.480 e. The summed E-state index contributed by atoms with van der Waals surface area (Å²) < 4.78 is 5.15. The van der Waals surface area contributed by atoms with Crippen LogP contribution < -0.4 is 5.32 Å². The first-order valence-electron chi connectivity index (χ1n) is 5.76. The van der Waals surface area contributed by atoms with E-state index in [1.54, 1.807) is 0 Å². The standard InChI is InChI=1S/C12H15NO4S/c14-10(7-9-1-6-18-8-9)13-12(11(15)16)2-4-17-5-3-12/h1,6,8H,2-5,7H2,(H,13,14)(H,15,16). The number of hydrogen-bond donors (Lipinski definition) is 2. The Hall–Kier alpha value is -1.40. The monoisotopic (exact) mass is 269 g/mol. The predicted octanol–water partition coefficient (Wildman–Crippen LogP) is 1.04. The average molecular weight is 269 g/mol. The third-order valence-corrected chi connectivity index (χ3v) is 3.81. The summed E-state index contributed by atoms with van der Waals surface area (Å²) in [5.74, 6) is -1.23. The van der Waals surface area contributed by atoms with Crippen LogP contribution in [0.5, 0.6) is 0 Å². The molecule has 2 rings (SSSR count). The van der Waals surface area contributed by atoms with E-state index >= 15 is 0 Å². The van der Waals surface area contributed by atoms with E-state index < -0.39 is 11.5 Å². The van der Waals surface area contributed by atoms with Crippen molar-refractivity contribution in [1.82, 2.24) is 5.32 Å². The minimum Gasteiger partial charge on any atom is -0.480 e. The van der Waals surface area contributed by atoms with Crippen LogP contribution in [0.1, 0.15) is 18.4 Å². The lowest BCUT2D eigenvalue weighted by Crippen LogP contribution is -2.57. The van der Waals surface area contributed by atoms with E-state index in [2.05, 4.69) is 5.32 Å². The number of carboxylic acids is 1. The molecule has 6 heteroatoms. The zero-order valence-electron chi connectivity index (χ0n) is 9.85. The molecule has 98 valence electrons. The van der Waals surface area contributed by atoms with Crippen LogP contribution in [0.2, 0.25) is 0 Å². The molecular weight excluding hydrogens is 254 g/mol. The van der Waals surface area contributed by atoms with Crippen molar-refractivity contribution in [2.24, 2.45) is 0 Å². The topological polar surface area (TPSA) is 75.6 Å². The fourth-order valence-corrected chi connectivity index (χ4v) is 2.67. The number of ether oxygens (including phenoxy) is 1. The fourth-order valence-electron chi connectivity index (χ4n) is 2.00. The van der Waals surface area contributed by atoms with Crippen LogP contribution in [0.3, 0.4) is 0 Å². The number of aliphatic carboxylic acids is 1. The summed E-state index contributed by atoms with van der Waals surface area (Å²) in [4.78, 5) is 23.2. The van der Waals surface area contributed by atoms with Crippen LogP contribution in [0.25, 0.3) is 0 Å². The maximum Gasteiger partial charge on any atom is 0.329 e. The first-order valence-corrected chi connectivity index (χ1v) is 6.70. The lowest BCUT2D eigenvalue weighted by Gasteiger charge is -2.33. The zero-order valence-corrected chi connectivity index (χ0v) is 10.7. The second kappa shape index (κ2) is 5.49. The summed E-state index contributed by atoms with van der Waals surface area (Å²) in [6, 6.07) is 1.86. The maximum absolute atomic E-state index is 11.9. The molecular formula is C12H15NO4S. The van der Waals surface area contributed by atoms with E-state index in [4.69, 9.17) is 4.74 Å². The summed E-state index contributed by atoms with van der Waals surface area (Å²) in [7, 11) is 0. The van der Waals surface area contributed by atoms with Crippen molar-refractivity contribution in [2.75, 3.05) is 13.2 Å². The molecule has 2 N–H and O–H groups in total. The van der Waals surface area contributed by atoms with Crippen LogP contribution in [-0.2, 0) is 20.7 Å². The van der Waals surface area contributed by atoms with Gasteiger partial charge >= 0.3 is 5.97 Å². The second-order valence-electron chi connectivity index (χ2n) is 4.36. The Bertz CT molecular complexity index is 423. The zero-order chi connectivity index (χ0) is 13.0. The van der Waals surface area contributed by atoms with Gasteiger partial charge < -0.3 is 15.2 Å². The molecule has 0 aromatic carbocycles. The van der Waals surface area contributed by atoms with E-state index in [-0.39, 0.29) is 12.3 Å². The van der Waals surface area contributed by atoms with Crippen LogP contribution >= 0.6 is 11.3 Å². The highest BCUT2D eigenvalue weighted by Gasteiger charge is 2.41. The molecule has 0 spiro atoms. The average Bonchev–Trinajstić information content (AvgIpc) is 2.82. The highest BCUT2D eigenvalue weighted by Crippen LogP contribution is 2.21. The predicted molar refractivity (Wildman–Crippen MR) is 66.6 cm³/mol. The summed E-state index contributed by atoms with van der Waals surface area (Å²) in [5, 5.41) is 15.7. The Morgan fingerprint density at radius 3 is 2.72 bits per heavy atom. The molecule has 1 saturated heterocycles. The minimum absolute atomic E-state index is 0.222. The van der Waals surface area contributed by atoms with Crippen LogP contribution in [0, 0.1) is 0 Å². The third kappa shape index (κ3) is 2.88. The molecule has 18 heavy (non-hydrogen) atoms. The number of rotatable bonds is 4. The highest BCUT2D eigenvalue weighted by atomic mass is 32.1. The molecule has 1 aromatic rings. The van der Waals surface area contributed by atoms with Crippen molar-refractivity contribution >= 4 is 23.2 Å². The van der Waals surface area contributed by atoms with E-state index in [0.29, 0.717) is 26.1 Å². The number of carbonyl (C=O) groups excluding carboxylic acids is 1. The first-order chi connectivity index (χ1) is 8.62. The molecule has 0 atom stereocenters. The minimum atomic E-state index is -1.16. The van der Waals surface area contributed by atoms with Crippen molar-refractivity contribution in [3.63, 3.8) is 0 Å². The number of carbonyl (C=O) groups is 2. The summed E-state index contributed by atoms with van der Waals surface area (Å²) in [6.07, 6.45) is 0.856. The summed E-state index contributed by atoms with van der Waals surface area (Å²) in [6.45, 7) is 0.732. The number of nitrogens with one attached hydrogen (secondary N) is 1. The Balaban J connectivity index is 2.00. The van der Waals surface area contributed by atoms with E-state index in [1.807, 2.05) is 16.8 Å². The normalized spacial score (nSPS) is 18.2. The molecule has 5 nitrogen and oxygen atoms in total. The van der Waals surface area contributed by atoms with Gasteiger partial charge in [-0.3, -0.25) is 4.79 Å². The van der Waals surface area contributed by atoms with Crippen LogP contribution in [-0.4, -0.2) is 35.7 Å². The molecule has 0 saturated carbocycles. The van der Waals surface area contributed by atoms with Gasteiger partial charge in [0.05, 0.1) is 6.42 Å². The molecule has 2 heterocycles. The van der Waals surface area contributed by atoms with Crippen LogP contribution in [0.15, 0.2) is 16.8 Å². The third-order valence-electron chi connectivity index (χ3n) is 3.08. The molecule has 0 aliphatic carbocycles. The first kappa shape index (κ1) is 13.0. The maximum atomic E-state index is 11.9. The fraction of sp³-hybridized carbons (Fsp3) is 0.500. The van der Waals surface area contributed by atoms with Gasteiger partial charge in [-0.2, -0.15) is 11.3 Å². The van der Waals surface area contributed by atoms with Gasteiger partial charge in [-0.15, -0.1) is 0 Å². The van der Waals surface area contributed by atoms with Gasteiger partial charge in [0.15, 0.2) is 0 Å². The summed E-state index contributed by atoms with van der Waals surface area (Å²) >= 11 is 1.52. The summed E-state index contributed by atoms with van der Waals surface area (Å²) in [5.41, 5.74) is -0.254. The SMILES string of the molecule is O=C(Cc1ccsc1)NC1(C(=O)O)CCOCC1. The smallest absolute Gasteiger partial charge is 0.329 e. The number of hydrogen-bond acceptors (Lipinski definition) is 4. The van der Waals surface area contributed by atoms with Crippen molar-refractivity contribution in [2.45, 2.75) is 24.8 Å². The molecule has 0 bridgehead atoms. The number of amides is 1. The Labute approximate surface area is 109 Å². The number of carboxylic acid groups (broad SMARTS) is 1. The van der Waals surface area contributed by atoms with Crippen molar-refractivity contribution in [3.05, 3.63) is 22.4 Å². The van der Waals surface area contributed by atoms with Crippen molar-refractivity contribution < 1.29 is 19.4 Å². The molecule has 1 amide bonds. The van der Waals surface area contributed by atoms with E-state index in [0.717, 1.165) is 5.56 Å². The van der Waals surface area contributed by atoms with Crippen molar-refractivity contribution in [3.8, 4) is 0 Å². The van der Waals surface area contributed by atoms with Gasteiger partial charge in [-0.25, -0.2) is 4.79 Å². The van der Waals surface area contributed by atoms with Gasteiger partial charge in [0.1, 0.15) is 5.54 Å². The Kier molecular flexibility index (Phi) is 3.98. The molecule has 1 aromatic heterocycles. The second-order valence-corrected chi connectivity index (χ2v) is 5.14. The van der Waals surface area contributed by atoms with E-state index in [9.17, 15) is 14.7 Å². The van der Waals surface area contributed by atoms with Gasteiger partial charge in [-0.1, -0.05) is 0 Å². The Morgan fingerprint density at radius 1 is 1.44 bits per heavy atom. The molecule has 1 fully saturated rings. The van der Waals surface area contributed by atoms with Crippen molar-refractivity contribution in [1.29, 1.82) is 0 Å². The molecule has 0 unspecified atom stereocenters. The van der Waals surface area contributed by atoms with Crippen LogP contribution in [0.4, 0.5) is 0 Å². The highest BCUT2D eigenvalue weighted by molar-refractivity contribution is 7.07. The van der Waals surface area contributed by atoms with Gasteiger partial charge in [-0.05, 0) is 22.4 Å². The van der Waals surface area contributed by atoms with Gasteiger partial charge in [0.2, 0.25) is 5.91 Å². The molecule has 0 radical (unpaired) electrons. The van der Waals surface area contributed by atoms with Gasteiger partial charge in [0, 0.05) is 26.1 Å². The van der Waals surface area contributed by atoms with Gasteiger partial charge in [0.25, 0.3) is 0 Å². The van der Waals surface area contributed by atoms with E-state index in [1.165, 1.54) is 11.3 Å². The molecule has 1 aliphatic rings. The lowest BCUT2D eigenvalue weighted by atomic mass is 9.90. The quantitative estimate of drug-likeness (QED) is 0.856. The molecule has 1 aliphatic heterocycles. The Morgan fingerprint density at radius 2 is 2.17 bits per heavy atom. The lowest BCUT2D eigenvalue weighted by molar-refractivity contribution is -0.152.